The number of aryl methyl sites for hydroxylation is 1. The van der Waals surface area contributed by atoms with Crippen molar-refractivity contribution in [3.05, 3.63) is 34.9 Å². The molecule has 6 heteroatoms. The van der Waals surface area contributed by atoms with Crippen molar-refractivity contribution in [2.45, 2.75) is 17.6 Å². The third kappa shape index (κ3) is 2.68. The predicted molar refractivity (Wildman–Crippen MR) is 64.5 cm³/mol. The Morgan fingerprint density at radius 1 is 1.50 bits per heavy atom. The van der Waals surface area contributed by atoms with Crippen LogP contribution in [0.3, 0.4) is 0 Å². The lowest BCUT2D eigenvalue weighted by molar-refractivity contribution is 0.387. The maximum atomic E-state index is 5.82. The van der Waals surface area contributed by atoms with Crippen LogP contribution in [0.2, 0.25) is 5.02 Å². The Morgan fingerprint density at radius 2 is 2.31 bits per heavy atom. The number of anilines is 1. The van der Waals surface area contributed by atoms with Gasteiger partial charge in [0, 0.05) is 15.6 Å². The molecular formula is C10H10ClN3OS. The Balaban J connectivity index is 2.04. The molecule has 0 atom stereocenters. The minimum atomic E-state index is 0.594. The van der Waals surface area contributed by atoms with Crippen LogP contribution in [-0.2, 0) is 5.75 Å². The third-order valence-electron chi connectivity index (χ3n) is 1.89. The van der Waals surface area contributed by atoms with Gasteiger partial charge in [0.05, 0.1) is 5.75 Å². The van der Waals surface area contributed by atoms with Gasteiger partial charge in [0.15, 0.2) is 5.82 Å². The first kappa shape index (κ1) is 11.3. The van der Waals surface area contributed by atoms with Crippen LogP contribution < -0.4 is 5.73 Å². The normalized spacial score (nSPS) is 10.6. The molecule has 1 aromatic heterocycles. The van der Waals surface area contributed by atoms with Gasteiger partial charge in [0.25, 0.3) is 0 Å². The smallest absolute Gasteiger partial charge is 0.236 e. The molecule has 0 aliphatic heterocycles. The number of nitrogens with zero attached hydrogens (tertiary/aromatic N) is 2. The van der Waals surface area contributed by atoms with Crippen LogP contribution in [0.15, 0.2) is 27.6 Å². The summed E-state index contributed by atoms with van der Waals surface area (Å²) in [5.74, 6) is 1.84. The molecule has 0 fully saturated rings. The molecule has 2 aromatic rings. The average molecular weight is 256 g/mol. The highest BCUT2D eigenvalue weighted by Crippen LogP contribution is 2.29. The Morgan fingerprint density at radius 3 is 2.94 bits per heavy atom. The molecule has 0 aliphatic rings. The average Bonchev–Trinajstić information content (AvgIpc) is 2.63. The van der Waals surface area contributed by atoms with Gasteiger partial charge >= 0.3 is 0 Å². The zero-order chi connectivity index (χ0) is 11.5. The number of aromatic nitrogens is 2. The second kappa shape index (κ2) is 4.76. The lowest BCUT2D eigenvalue weighted by Crippen LogP contribution is -1.89. The minimum absolute atomic E-state index is 0.594. The first-order valence-corrected chi connectivity index (χ1v) is 5.98. The van der Waals surface area contributed by atoms with E-state index in [2.05, 4.69) is 10.1 Å². The van der Waals surface area contributed by atoms with Crippen LogP contribution in [0, 0.1) is 6.92 Å². The first-order chi connectivity index (χ1) is 7.65. The van der Waals surface area contributed by atoms with E-state index in [-0.39, 0.29) is 0 Å². The molecular weight excluding hydrogens is 246 g/mol. The summed E-state index contributed by atoms with van der Waals surface area (Å²) in [7, 11) is 0. The van der Waals surface area contributed by atoms with E-state index in [1.54, 1.807) is 30.8 Å². The number of rotatable bonds is 3. The molecule has 1 aromatic carbocycles. The summed E-state index contributed by atoms with van der Waals surface area (Å²) < 4.78 is 5.00. The van der Waals surface area contributed by atoms with E-state index in [0.717, 1.165) is 4.90 Å². The van der Waals surface area contributed by atoms with Gasteiger partial charge in [-0.05, 0) is 25.1 Å². The molecule has 0 radical (unpaired) electrons. The first-order valence-electron chi connectivity index (χ1n) is 4.62. The number of benzene rings is 1. The second-order valence-corrected chi connectivity index (χ2v) is 4.66. The fourth-order valence-corrected chi connectivity index (χ4v) is 2.16. The van der Waals surface area contributed by atoms with E-state index < -0.39 is 0 Å². The lowest BCUT2D eigenvalue weighted by Gasteiger charge is -2.03. The quantitative estimate of drug-likeness (QED) is 0.675. The van der Waals surface area contributed by atoms with Crippen molar-refractivity contribution in [2.75, 3.05) is 5.73 Å². The largest absolute Gasteiger partial charge is 0.398 e. The van der Waals surface area contributed by atoms with Crippen molar-refractivity contribution < 1.29 is 4.52 Å². The maximum absolute atomic E-state index is 5.82. The van der Waals surface area contributed by atoms with Gasteiger partial charge in [-0.25, -0.2) is 0 Å². The Labute approximate surface area is 102 Å². The van der Waals surface area contributed by atoms with E-state index in [0.29, 0.717) is 28.2 Å². The predicted octanol–water partition coefficient (Wildman–Crippen LogP) is 2.91. The van der Waals surface area contributed by atoms with Crippen molar-refractivity contribution in [1.82, 2.24) is 10.1 Å². The summed E-state index contributed by atoms with van der Waals surface area (Å²) >= 11 is 7.35. The molecule has 0 bridgehead atoms. The fraction of sp³-hybridized carbons (Fsp3) is 0.200. The van der Waals surface area contributed by atoms with Crippen molar-refractivity contribution in [3.8, 4) is 0 Å². The van der Waals surface area contributed by atoms with E-state index in [1.807, 2.05) is 6.07 Å². The van der Waals surface area contributed by atoms with Gasteiger partial charge in [0.2, 0.25) is 5.89 Å². The number of thioether (sulfide) groups is 1. The summed E-state index contributed by atoms with van der Waals surface area (Å²) in [6.45, 7) is 1.79. The standard InChI is InChI=1S/C10H10ClN3OS/c1-6-13-10(15-14-6)5-16-9-3-2-7(11)4-8(9)12/h2-4H,5,12H2,1H3. The Bertz CT molecular complexity index is 501. The molecule has 0 aliphatic carbocycles. The van der Waals surface area contributed by atoms with E-state index in [1.165, 1.54) is 0 Å². The number of nitrogens with two attached hydrogens (primary N) is 1. The summed E-state index contributed by atoms with van der Waals surface area (Å²) in [5, 5.41) is 4.35. The van der Waals surface area contributed by atoms with Crippen molar-refractivity contribution in [1.29, 1.82) is 0 Å². The molecule has 0 saturated heterocycles. The molecule has 0 saturated carbocycles. The number of hydrogen-bond donors (Lipinski definition) is 1. The zero-order valence-electron chi connectivity index (χ0n) is 8.61. The molecule has 0 spiro atoms. The third-order valence-corrected chi connectivity index (χ3v) is 3.20. The van der Waals surface area contributed by atoms with Crippen molar-refractivity contribution >= 4 is 29.1 Å². The highest BCUT2D eigenvalue weighted by atomic mass is 35.5. The Kier molecular flexibility index (Phi) is 3.36. The van der Waals surface area contributed by atoms with E-state index in [4.69, 9.17) is 21.9 Å². The SMILES string of the molecule is Cc1noc(CSc2ccc(Cl)cc2N)n1. The van der Waals surface area contributed by atoms with Crippen LogP contribution in [-0.4, -0.2) is 10.1 Å². The van der Waals surface area contributed by atoms with E-state index in [9.17, 15) is 0 Å². The molecule has 2 rings (SSSR count). The fourth-order valence-electron chi connectivity index (χ4n) is 1.19. The van der Waals surface area contributed by atoms with Crippen LogP contribution >= 0.6 is 23.4 Å². The zero-order valence-corrected chi connectivity index (χ0v) is 10.2. The van der Waals surface area contributed by atoms with Gasteiger partial charge in [-0.15, -0.1) is 11.8 Å². The van der Waals surface area contributed by atoms with Crippen molar-refractivity contribution in [3.63, 3.8) is 0 Å². The molecule has 0 unspecified atom stereocenters. The van der Waals surface area contributed by atoms with Crippen LogP contribution in [0.4, 0.5) is 5.69 Å². The monoisotopic (exact) mass is 255 g/mol. The minimum Gasteiger partial charge on any atom is -0.398 e. The van der Waals surface area contributed by atoms with Gasteiger partial charge in [-0.2, -0.15) is 4.98 Å². The maximum Gasteiger partial charge on any atom is 0.236 e. The van der Waals surface area contributed by atoms with Crippen LogP contribution in [0.5, 0.6) is 0 Å². The number of hydrogen-bond acceptors (Lipinski definition) is 5. The number of nitrogen functional groups attached to an aromatic ring is 1. The highest BCUT2D eigenvalue weighted by Gasteiger charge is 2.06. The summed E-state index contributed by atoms with van der Waals surface area (Å²) in [6, 6.07) is 5.41. The van der Waals surface area contributed by atoms with Gasteiger partial charge in [-0.1, -0.05) is 16.8 Å². The van der Waals surface area contributed by atoms with E-state index >= 15 is 0 Å². The van der Waals surface area contributed by atoms with Crippen molar-refractivity contribution in [2.24, 2.45) is 0 Å². The lowest BCUT2D eigenvalue weighted by atomic mass is 10.3. The Hall–Kier alpha value is -1.20. The molecule has 84 valence electrons. The molecule has 1 heterocycles. The molecule has 16 heavy (non-hydrogen) atoms. The topological polar surface area (TPSA) is 64.9 Å². The molecule has 4 nitrogen and oxygen atoms in total. The molecule has 0 amide bonds. The summed E-state index contributed by atoms with van der Waals surface area (Å²) in [5.41, 5.74) is 6.48. The summed E-state index contributed by atoms with van der Waals surface area (Å²) in [4.78, 5) is 5.07. The van der Waals surface area contributed by atoms with Gasteiger partial charge in [0.1, 0.15) is 0 Å². The van der Waals surface area contributed by atoms with Crippen LogP contribution in [0.25, 0.3) is 0 Å². The number of halogens is 1. The van der Waals surface area contributed by atoms with Crippen LogP contribution in [0.1, 0.15) is 11.7 Å². The second-order valence-electron chi connectivity index (χ2n) is 3.21. The van der Waals surface area contributed by atoms with Gasteiger partial charge < -0.3 is 10.3 Å². The molecule has 2 N–H and O–H groups in total. The summed E-state index contributed by atoms with van der Waals surface area (Å²) in [6.07, 6.45) is 0. The van der Waals surface area contributed by atoms with Gasteiger partial charge in [-0.3, -0.25) is 0 Å². The highest BCUT2D eigenvalue weighted by molar-refractivity contribution is 7.98.